The number of esters is 1. The third kappa shape index (κ3) is 6.92. The normalized spacial score (nSPS) is 22.2. The Balaban J connectivity index is 2.04. The van der Waals surface area contributed by atoms with Gasteiger partial charge in [0.1, 0.15) is 0 Å². The number of piperidine rings is 1. The highest BCUT2D eigenvalue weighted by molar-refractivity contribution is 5.69. The van der Waals surface area contributed by atoms with Gasteiger partial charge in [-0.1, -0.05) is 6.42 Å². The second kappa shape index (κ2) is 9.32. The number of likely N-dealkylation sites (tertiary alicyclic amines) is 1. The van der Waals surface area contributed by atoms with Gasteiger partial charge in [0.2, 0.25) is 0 Å². The molecular weight excluding hydrogens is 240 g/mol. The predicted octanol–water partition coefficient (Wildman–Crippen LogP) is 2.17. The molecule has 1 aliphatic rings. The third-order valence-electron chi connectivity index (χ3n) is 3.95. The van der Waals surface area contributed by atoms with Crippen LogP contribution in [0.4, 0.5) is 0 Å². The average molecular weight is 270 g/mol. The lowest BCUT2D eigenvalue weighted by atomic mass is 9.92. The standard InChI is InChI=1S/C15H30N2O2/c1-3-19-15(18)9-5-4-6-10-17-11-7-8-14(12-17)13(2)16/h13-14H,3-12,16H2,1-2H3. The second-order valence-electron chi connectivity index (χ2n) is 5.68. The van der Waals surface area contributed by atoms with Crippen LogP contribution in [0.25, 0.3) is 0 Å². The van der Waals surface area contributed by atoms with Crippen molar-refractivity contribution < 1.29 is 9.53 Å². The average Bonchev–Trinajstić information content (AvgIpc) is 2.39. The Labute approximate surface area is 117 Å². The van der Waals surface area contributed by atoms with Crippen LogP contribution in [0.3, 0.4) is 0 Å². The predicted molar refractivity (Wildman–Crippen MR) is 77.9 cm³/mol. The van der Waals surface area contributed by atoms with Gasteiger partial charge in [-0.05, 0) is 58.5 Å². The second-order valence-corrected chi connectivity index (χ2v) is 5.68. The van der Waals surface area contributed by atoms with Gasteiger partial charge in [0.25, 0.3) is 0 Å². The Kier molecular flexibility index (Phi) is 8.07. The molecule has 2 atom stereocenters. The monoisotopic (exact) mass is 270 g/mol. The van der Waals surface area contributed by atoms with E-state index < -0.39 is 0 Å². The highest BCUT2D eigenvalue weighted by Gasteiger charge is 2.21. The molecule has 1 rings (SSSR count). The van der Waals surface area contributed by atoms with Crippen molar-refractivity contribution in [3.05, 3.63) is 0 Å². The molecule has 112 valence electrons. The van der Waals surface area contributed by atoms with Gasteiger partial charge in [0.05, 0.1) is 6.61 Å². The topological polar surface area (TPSA) is 55.6 Å². The number of hydrogen-bond donors (Lipinski definition) is 1. The first-order chi connectivity index (χ1) is 9.13. The van der Waals surface area contributed by atoms with Crippen LogP contribution in [0, 0.1) is 5.92 Å². The highest BCUT2D eigenvalue weighted by Crippen LogP contribution is 2.19. The largest absolute Gasteiger partial charge is 0.466 e. The number of hydrogen-bond acceptors (Lipinski definition) is 4. The maximum absolute atomic E-state index is 11.2. The van der Waals surface area contributed by atoms with Crippen LogP contribution in [0.5, 0.6) is 0 Å². The number of unbranched alkanes of at least 4 members (excludes halogenated alkanes) is 2. The van der Waals surface area contributed by atoms with Crippen molar-refractivity contribution in [2.75, 3.05) is 26.2 Å². The minimum absolute atomic E-state index is 0.0579. The first-order valence-electron chi connectivity index (χ1n) is 7.77. The van der Waals surface area contributed by atoms with Gasteiger partial charge in [-0.2, -0.15) is 0 Å². The molecule has 0 aromatic heterocycles. The van der Waals surface area contributed by atoms with Crippen LogP contribution >= 0.6 is 0 Å². The molecule has 1 fully saturated rings. The number of nitrogens with two attached hydrogens (primary N) is 1. The first-order valence-corrected chi connectivity index (χ1v) is 7.77. The molecule has 4 heteroatoms. The summed E-state index contributed by atoms with van der Waals surface area (Å²) >= 11 is 0. The van der Waals surface area contributed by atoms with Gasteiger partial charge in [0, 0.05) is 19.0 Å². The number of carbonyl (C=O) groups is 1. The summed E-state index contributed by atoms with van der Waals surface area (Å²) in [6.45, 7) is 7.96. The van der Waals surface area contributed by atoms with Crippen LogP contribution < -0.4 is 5.73 Å². The van der Waals surface area contributed by atoms with E-state index in [9.17, 15) is 4.79 Å². The summed E-state index contributed by atoms with van der Waals surface area (Å²) in [5.74, 6) is 0.603. The van der Waals surface area contributed by atoms with Gasteiger partial charge in [-0.15, -0.1) is 0 Å². The Bertz CT molecular complexity index is 257. The fraction of sp³-hybridized carbons (Fsp3) is 0.933. The maximum atomic E-state index is 11.2. The summed E-state index contributed by atoms with van der Waals surface area (Å²) in [5, 5.41) is 0. The zero-order chi connectivity index (χ0) is 14.1. The van der Waals surface area contributed by atoms with Crippen LogP contribution in [-0.2, 0) is 9.53 Å². The van der Waals surface area contributed by atoms with E-state index in [0.29, 0.717) is 25.0 Å². The molecule has 1 saturated heterocycles. The van der Waals surface area contributed by atoms with E-state index in [1.165, 1.54) is 25.8 Å². The summed E-state index contributed by atoms with van der Waals surface area (Å²) in [4.78, 5) is 13.7. The van der Waals surface area contributed by atoms with Gasteiger partial charge >= 0.3 is 5.97 Å². The van der Waals surface area contributed by atoms with E-state index in [1.807, 2.05) is 6.92 Å². The van der Waals surface area contributed by atoms with Gasteiger partial charge in [0.15, 0.2) is 0 Å². The van der Waals surface area contributed by atoms with E-state index in [2.05, 4.69) is 11.8 Å². The van der Waals surface area contributed by atoms with Crippen LogP contribution in [0.1, 0.15) is 52.4 Å². The van der Waals surface area contributed by atoms with Crippen molar-refractivity contribution in [3.8, 4) is 0 Å². The van der Waals surface area contributed by atoms with E-state index in [4.69, 9.17) is 10.5 Å². The maximum Gasteiger partial charge on any atom is 0.305 e. The van der Waals surface area contributed by atoms with Crippen molar-refractivity contribution in [2.24, 2.45) is 11.7 Å². The zero-order valence-corrected chi connectivity index (χ0v) is 12.6. The molecule has 0 bridgehead atoms. The lowest BCUT2D eigenvalue weighted by Gasteiger charge is -2.34. The van der Waals surface area contributed by atoms with Crippen molar-refractivity contribution >= 4 is 5.97 Å². The van der Waals surface area contributed by atoms with Crippen LogP contribution in [0.2, 0.25) is 0 Å². The number of rotatable bonds is 8. The van der Waals surface area contributed by atoms with Gasteiger partial charge in [-0.3, -0.25) is 4.79 Å². The molecule has 0 aromatic rings. The fourth-order valence-electron chi connectivity index (χ4n) is 2.74. The molecule has 2 N–H and O–H groups in total. The van der Waals surface area contributed by atoms with Crippen LogP contribution in [0.15, 0.2) is 0 Å². The Morgan fingerprint density at radius 3 is 2.89 bits per heavy atom. The molecule has 0 aromatic carbocycles. The summed E-state index contributed by atoms with van der Waals surface area (Å²) in [5.41, 5.74) is 5.99. The van der Waals surface area contributed by atoms with Crippen molar-refractivity contribution in [2.45, 2.75) is 58.4 Å². The Hall–Kier alpha value is -0.610. The summed E-state index contributed by atoms with van der Waals surface area (Å²) in [6.07, 6.45) is 6.34. The smallest absolute Gasteiger partial charge is 0.305 e. The third-order valence-corrected chi connectivity index (χ3v) is 3.95. The van der Waals surface area contributed by atoms with Crippen molar-refractivity contribution in [3.63, 3.8) is 0 Å². The molecule has 0 saturated carbocycles. The van der Waals surface area contributed by atoms with E-state index in [-0.39, 0.29) is 5.97 Å². The van der Waals surface area contributed by atoms with E-state index in [1.54, 1.807) is 0 Å². The molecule has 0 aliphatic carbocycles. The molecule has 0 amide bonds. The SMILES string of the molecule is CCOC(=O)CCCCCN1CCCC(C(C)N)C1. The molecule has 0 radical (unpaired) electrons. The minimum Gasteiger partial charge on any atom is -0.466 e. The van der Waals surface area contributed by atoms with E-state index in [0.717, 1.165) is 25.9 Å². The zero-order valence-electron chi connectivity index (χ0n) is 12.6. The van der Waals surface area contributed by atoms with Gasteiger partial charge in [-0.25, -0.2) is 0 Å². The first kappa shape index (κ1) is 16.4. The Morgan fingerprint density at radius 1 is 1.42 bits per heavy atom. The molecule has 19 heavy (non-hydrogen) atoms. The van der Waals surface area contributed by atoms with Crippen LogP contribution in [-0.4, -0.2) is 43.2 Å². The molecule has 4 nitrogen and oxygen atoms in total. The number of carbonyl (C=O) groups excluding carboxylic acids is 1. The lowest BCUT2D eigenvalue weighted by molar-refractivity contribution is -0.143. The molecule has 0 spiro atoms. The summed E-state index contributed by atoms with van der Waals surface area (Å²) in [7, 11) is 0. The molecule has 1 heterocycles. The number of nitrogens with zero attached hydrogens (tertiary/aromatic N) is 1. The fourth-order valence-corrected chi connectivity index (χ4v) is 2.74. The summed E-state index contributed by atoms with van der Waals surface area (Å²) < 4.78 is 4.92. The van der Waals surface area contributed by atoms with E-state index >= 15 is 0 Å². The Morgan fingerprint density at radius 2 is 2.21 bits per heavy atom. The van der Waals surface area contributed by atoms with Gasteiger partial charge < -0.3 is 15.4 Å². The van der Waals surface area contributed by atoms with Crippen molar-refractivity contribution in [1.29, 1.82) is 0 Å². The summed E-state index contributed by atoms with van der Waals surface area (Å²) in [6, 6.07) is 0.312. The number of ether oxygens (including phenoxy) is 1. The molecular formula is C15H30N2O2. The van der Waals surface area contributed by atoms with Crippen molar-refractivity contribution in [1.82, 2.24) is 4.90 Å². The highest BCUT2D eigenvalue weighted by atomic mass is 16.5. The quantitative estimate of drug-likeness (QED) is 0.542. The lowest BCUT2D eigenvalue weighted by Crippen LogP contribution is -2.42. The minimum atomic E-state index is -0.0579. The molecule has 1 aliphatic heterocycles. The molecule has 2 unspecified atom stereocenters.